The molecule has 0 unspecified atom stereocenters. The molecular formula is C14H25NO4S2. The van der Waals surface area contributed by atoms with Gasteiger partial charge >= 0.3 is 0 Å². The maximum absolute atomic E-state index is 13.2. The molecule has 0 saturated heterocycles. The van der Waals surface area contributed by atoms with Crippen molar-refractivity contribution in [1.82, 2.24) is 3.71 Å². The Kier molecular flexibility index (Phi) is 3.69. The zero-order chi connectivity index (χ0) is 15.5. The second-order valence-corrected chi connectivity index (χ2v) is 11.8. The van der Waals surface area contributed by atoms with Crippen LogP contribution in [0.2, 0.25) is 0 Å². The van der Waals surface area contributed by atoms with E-state index in [1.807, 2.05) is 6.92 Å². The lowest BCUT2D eigenvalue weighted by molar-refractivity contribution is 0.0323. The highest BCUT2D eigenvalue weighted by Crippen LogP contribution is 2.59. The van der Waals surface area contributed by atoms with Crippen molar-refractivity contribution in [2.75, 3.05) is 12.8 Å². The third kappa shape index (κ3) is 2.45. The molecule has 0 atom stereocenters. The summed E-state index contributed by atoms with van der Waals surface area (Å²) in [7, 11) is -7.53. The first kappa shape index (κ1) is 15.7. The summed E-state index contributed by atoms with van der Waals surface area (Å²) in [6.07, 6.45) is 6.94. The lowest BCUT2D eigenvalue weighted by Gasteiger charge is -2.56. The number of hydrogen-bond acceptors (Lipinski definition) is 4. The lowest BCUT2D eigenvalue weighted by Crippen LogP contribution is -2.59. The Morgan fingerprint density at radius 1 is 0.952 bits per heavy atom. The molecule has 4 bridgehead atoms. The summed E-state index contributed by atoms with van der Waals surface area (Å²) < 4.78 is 50.3. The summed E-state index contributed by atoms with van der Waals surface area (Å²) in [6, 6.07) is 0. The van der Waals surface area contributed by atoms with Crippen LogP contribution in [0.4, 0.5) is 0 Å². The minimum Gasteiger partial charge on any atom is -0.212 e. The van der Waals surface area contributed by atoms with E-state index in [4.69, 9.17) is 0 Å². The highest BCUT2D eigenvalue weighted by molar-refractivity contribution is 8.04. The Morgan fingerprint density at radius 2 is 1.38 bits per heavy atom. The van der Waals surface area contributed by atoms with E-state index in [2.05, 4.69) is 0 Å². The van der Waals surface area contributed by atoms with Gasteiger partial charge in [-0.05, 0) is 62.7 Å². The molecule has 4 aliphatic carbocycles. The molecule has 0 N–H and O–H groups in total. The Labute approximate surface area is 128 Å². The summed E-state index contributed by atoms with van der Waals surface area (Å²) >= 11 is 0. The minimum atomic E-state index is -3.79. The van der Waals surface area contributed by atoms with Crippen molar-refractivity contribution in [3.63, 3.8) is 0 Å². The van der Waals surface area contributed by atoms with Crippen LogP contribution < -0.4 is 0 Å². The van der Waals surface area contributed by atoms with Crippen LogP contribution in [0.15, 0.2) is 0 Å². The number of rotatable bonds is 5. The molecule has 7 heteroatoms. The fourth-order valence-electron chi connectivity index (χ4n) is 5.21. The number of hydrogen-bond donors (Lipinski definition) is 0. The zero-order valence-electron chi connectivity index (χ0n) is 12.8. The van der Waals surface area contributed by atoms with Crippen molar-refractivity contribution in [2.45, 2.75) is 56.6 Å². The van der Waals surface area contributed by atoms with Gasteiger partial charge in [0.25, 0.3) is 0 Å². The predicted molar refractivity (Wildman–Crippen MR) is 81.7 cm³/mol. The van der Waals surface area contributed by atoms with Crippen molar-refractivity contribution >= 4 is 20.0 Å². The smallest absolute Gasteiger partial charge is 0.212 e. The summed E-state index contributed by atoms with van der Waals surface area (Å²) in [5.41, 5.74) is 0. The van der Waals surface area contributed by atoms with Crippen LogP contribution >= 0.6 is 0 Å². The van der Waals surface area contributed by atoms with Crippen LogP contribution in [0, 0.1) is 17.8 Å². The van der Waals surface area contributed by atoms with Gasteiger partial charge in [0, 0.05) is 6.54 Å². The van der Waals surface area contributed by atoms with Gasteiger partial charge < -0.3 is 0 Å². The molecular weight excluding hydrogens is 310 g/mol. The van der Waals surface area contributed by atoms with Crippen LogP contribution in [0.3, 0.4) is 0 Å². The van der Waals surface area contributed by atoms with Gasteiger partial charge in [-0.1, -0.05) is 10.6 Å². The zero-order valence-corrected chi connectivity index (χ0v) is 14.4. The van der Waals surface area contributed by atoms with E-state index in [-0.39, 0.29) is 6.54 Å². The van der Waals surface area contributed by atoms with E-state index in [1.165, 1.54) is 0 Å². The van der Waals surface area contributed by atoms with Gasteiger partial charge in [-0.3, -0.25) is 0 Å². The van der Waals surface area contributed by atoms with Gasteiger partial charge in [0.15, 0.2) is 0 Å². The normalized spacial score (nSPS) is 39.1. The van der Waals surface area contributed by atoms with E-state index in [9.17, 15) is 16.8 Å². The second-order valence-electron chi connectivity index (χ2n) is 7.36. The molecule has 5 nitrogen and oxygen atoms in total. The highest BCUT2D eigenvalue weighted by atomic mass is 32.3. The average molecular weight is 335 g/mol. The van der Waals surface area contributed by atoms with Gasteiger partial charge in [0.2, 0.25) is 20.0 Å². The number of nitrogens with zero attached hydrogens (tertiary/aromatic N) is 1. The molecule has 4 fully saturated rings. The Bertz CT molecular complexity index is 588. The Hall–Kier alpha value is -0.140. The van der Waals surface area contributed by atoms with Gasteiger partial charge in [-0.2, -0.15) is 0 Å². The largest absolute Gasteiger partial charge is 0.232 e. The molecule has 4 saturated carbocycles. The SMILES string of the molecule is CCCN(S(C)(=O)=O)S(=O)(=O)C12CC3CC(CC(C3)C1)C2. The van der Waals surface area contributed by atoms with Crippen LogP contribution in [0.25, 0.3) is 0 Å². The lowest BCUT2D eigenvalue weighted by atomic mass is 9.56. The maximum atomic E-state index is 13.2. The molecule has 0 aliphatic heterocycles. The van der Waals surface area contributed by atoms with Gasteiger partial charge in [-0.25, -0.2) is 16.8 Å². The molecule has 0 aromatic carbocycles. The van der Waals surface area contributed by atoms with E-state index in [0.29, 0.717) is 43.4 Å². The Balaban J connectivity index is 2.01. The second kappa shape index (κ2) is 4.93. The number of sulfonamides is 2. The van der Waals surface area contributed by atoms with Gasteiger partial charge in [0.1, 0.15) is 0 Å². The van der Waals surface area contributed by atoms with E-state index < -0.39 is 24.8 Å². The van der Waals surface area contributed by atoms with Crippen LogP contribution in [-0.2, 0) is 20.0 Å². The summed E-state index contributed by atoms with van der Waals surface area (Å²) in [5, 5.41) is 0. The van der Waals surface area contributed by atoms with Crippen molar-refractivity contribution in [3.05, 3.63) is 0 Å². The molecule has 4 aliphatic rings. The molecule has 122 valence electrons. The monoisotopic (exact) mass is 335 g/mol. The van der Waals surface area contributed by atoms with Gasteiger partial charge in [-0.15, -0.1) is 0 Å². The molecule has 21 heavy (non-hydrogen) atoms. The van der Waals surface area contributed by atoms with E-state index in [0.717, 1.165) is 29.2 Å². The maximum Gasteiger partial charge on any atom is 0.232 e. The van der Waals surface area contributed by atoms with Crippen molar-refractivity contribution in [1.29, 1.82) is 0 Å². The molecule has 0 aromatic rings. The van der Waals surface area contributed by atoms with E-state index in [1.54, 1.807) is 0 Å². The van der Waals surface area contributed by atoms with Crippen molar-refractivity contribution in [2.24, 2.45) is 17.8 Å². The first-order valence-corrected chi connectivity index (χ1v) is 11.2. The van der Waals surface area contributed by atoms with E-state index >= 15 is 0 Å². The average Bonchev–Trinajstić information content (AvgIpc) is 2.32. The molecule has 4 rings (SSSR count). The summed E-state index contributed by atoms with van der Waals surface area (Å²) in [6.45, 7) is 1.89. The van der Waals surface area contributed by atoms with Crippen LogP contribution in [0.1, 0.15) is 51.9 Å². The third-order valence-corrected chi connectivity index (χ3v) is 10.2. The minimum absolute atomic E-state index is 0.0723. The molecule has 0 aromatic heterocycles. The fraction of sp³-hybridized carbons (Fsp3) is 1.00. The molecule has 0 radical (unpaired) electrons. The Morgan fingerprint density at radius 3 is 1.71 bits per heavy atom. The van der Waals surface area contributed by atoms with Crippen LogP contribution in [0.5, 0.6) is 0 Å². The van der Waals surface area contributed by atoms with Crippen molar-refractivity contribution in [3.8, 4) is 0 Å². The standard InChI is InChI=1S/C14H25NO4S2/c1-3-4-15(20(2,16)17)21(18,19)14-8-11-5-12(9-14)7-13(6-11)10-14/h11-13H,3-10H2,1-2H3. The molecule has 0 spiro atoms. The molecule has 0 heterocycles. The quantitative estimate of drug-likeness (QED) is 0.770. The predicted octanol–water partition coefficient (Wildman–Crippen LogP) is 1.96. The molecule has 0 amide bonds. The van der Waals surface area contributed by atoms with Crippen LogP contribution in [-0.4, -0.2) is 38.1 Å². The highest BCUT2D eigenvalue weighted by Gasteiger charge is 2.59. The fourth-order valence-corrected chi connectivity index (χ4v) is 9.82. The van der Waals surface area contributed by atoms with Crippen molar-refractivity contribution < 1.29 is 16.8 Å². The topological polar surface area (TPSA) is 71.5 Å². The first-order valence-electron chi connectivity index (χ1n) is 7.90. The summed E-state index contributed by atoms with van der Waals surface area (Å²) in [5.74, 6) is 1.44. The third-order valence-electron chi connectivity index (χ3n) is 5.57. The van der Waals surface area contributed by atoms with Gasteiger partial charge in [0.05, 0.1) is 11.0 Å². The summed E-state index contributed by atoms with van der Waals surface area (Å²) in [4.78, 5) is 0. The first-order chi connectivity index (χ1) is 9.68.